The summed E-state index contributed by atoms with van der Waals surface area (Å²) in [6.07, 6.45) is 3.28. The van der Waals surface area contributed by atoms with Crippen LogP contribution in [0.2, 0.25) is 0 Å². The van der Waals surface area contributed by atoms with Gasteiger partial charge in [0.15, 0.2) is 5.82 Å². The fourth-order valence-corrected chi connectivity index (χ4v) is 1.84. The van der Waals surface area contributed by atoms with Crippen LogP contribution in [0.15, 0.2) is 53.6 Å². The van der Waals surface area contributed by atoms with Crippen LogP contribution in [0.3, 0.4) is 0 Å². The summed E-state index contributed by atoms with van der Waals surface area (Å²) in [6.45, 7) is 0. The summed E-state index contributed by atoms with van der Waals surface area (Å²) in [7, 11) is 0. The molecule has 0 atom stereocenters. The van der Waals surface area contributed by atoms with Gasteiger partial charge >= 0.3 is 0 Å². The molecule has 3 aromatic rings. The molecule has 2 aromatic heterocycles. The minimum atomic E-state index is -0.264. The van der Waals surface area contributed by atoms with Gasteiger partial charge in [0, 0.05) is 18.0 Å². The van der Waals surface area contributed by atoms with E-state index in [1.807, 2.05) is 12.1 Å². The summed E-state index contributed by atoms with van der Waals surface area (Å²) in [6, 6.07) is 10.7. The summed E-state index contributed by atoms with van der Waals surface area (Å²) in [5, 5.41) is 0.507. The highest BCUT2D eigenvalue weighted by molar-refractivity contribution is 5.79. The molecule has 5 nitrogen and oxygen atoms in total. The molecule has 3 rings (SSSR count). The maximum absolute atomic E-state index is 12.1. The van der Waals surface area contributed by atoms with E-state index < -0.39 is 0 Å². The first kappa shape index (κ1) is 10.5. The zero-order valence-corrected chi connectivity index (χ0v) is 9.45. The van der Waals surface area contributed by atoms with Crippen LogP contribution in [0.1, 0.15) is 0 Å². The fraction of sp³-hybridized carbons (Fsp3) is 0. The molecule has 18 heavy (non-hydrogen) atoms. The highest BCUT2D eigenvalue weighted by Crippen LogP contribution is 2.15. The van der Waals surface area contributed by atoms with Crippen molar-refractivity contribution in [2.24, 2.45) is 0 Å². The van der Waals surface area contributed by atoms with Crippen LogP contribution in [-0.2, 0) is 0 Å². The smallest absolute Gasteiger partial charge is 0.280 e. The maximum Gasteiger partial charge on any atom is 0.280 e. The Morgan fingerprint density at radius 2 is 1.94 bits per heavy atom. The van der Waals surface area contributed by atoms with Crippen molar-refractivity contribution in [3.8, 4) is 11.4 Å². The van der Waals surface area contributed by atoms with Crippen LogP contribution in [0.4, 0.5) is 0 Å². The van der Waals surface area contributed by atoms with Crippen LogP contribution in [0, 0.1) is 0 Å². The predicted octanol–water partition coefficient (Wildman–Crippen LogP) is 1.17. The van der Waals surface area contributed by atoms with Gasteiger partial charge < -0.3 is 5.84 Å². The standard InChI is InChI=1S/C13H10N4O/c14-17-12(9-4-3-7-15-8-9)16-11-6-2-1-5-10(11)13(17)18/h1-8H,14H2. The van der Waals surface area contributed by atoms with Crippen LogP contribution >= 0.6 is 0 Å². The molecular weight excluding hydrogens is 228 g/mol. The second kappa shape index (κ2) is 3.96. The number of nitrogens with zero attached hydrogens (tertiary/aromatic N) is 3. The average Bonchev–Trinajstić information content (AvgIpc) is 2.44. The van der Waals surface area contributed by atoms with Crippen molar-refractivity contribution < 1.29 is 0 Å². The summed E-state index contributed by atoms with van der Waals surface area (Å²) in [5.41, 5.74) is 1.07. The largest absolute Gasteiger partial charge is 0.334 e. The zero-order valence-electron chi connectivity index (χ0n) is 9.45. The first-order chi connectivity index (χ1) is 8.77. The number of nitrogen functional groups attached to an aromatic ring is 1. The molecule has 0 fully saturated rings. The molecule has 0 saturated heterocycles. The first-order valence-electron chi connectivity index (χ1n) is 5.44. The van der Waals surface area contributed by atoms with Crippen molar-refractivity contribution in [1.82, 2.24) is 14.6 Å². The van der Waals surface area contributed by atoms with Crippen molar-refractivity contribution in [1.29, 1.82) is 0 Å². The second-order valence-corrected chi connectivity index (χ2v) is 3.87. The molecule has 0 aliphatic rings. The molecule has 0 aliphatic carbocycles. The lowest BCUT2D eigenvalue weighted by Crippen LogP contribution is -2.29. The number of para-hydroxylation sites is 1. The Hall–Kier alpha value is -2.69. The predicted molar refractivity (Wildman–Crippen MR) is 69.4 cm³/mol. The lowest BCUT2D eigenvalue weighted by Gasteiger charge is -2.08. The van der Waals surface area contributed by atoms with Gasteiger partial charge in [-0.25, -0.2) is 9.66 Å². The van der Waals surface area contributed by atoms with Gasteiger partial charge in [-0.1, -0.05) is 12.1 Å². The highest BCUT2D eigenvalue weighted by atomic mass is 16.1. The Kier molecular flexibility index (Phi) is 2.30. The highest BCUT2D eigenvalue weighted by Gasteiger charge is 2.09. The quantitative estimate of drug-likeness (QED) is 0.646. The van der Waals surface area contributed by atoms with Gasteiger partial charge in [-0.05, 0) is 24.3 Å². The third-order valence-corrected chi connectivity index (χ3v) is 2.73. The maximum atomic E-state index is 12.1. The van der Waals surface area contributed by atoms with Gasteiger partial charge in [-0.15, -0.1) is 0 Å². The van der Waals surface area contributed by atoms with E-state index in [0.29, 0.717) is 22.3 Å². The van der Waals surface area contributed by atoms with Gasteiger partial charge in [0.25, 0.3) is 5.56 Å². The number of benzene rings is 1. The topological polar surface area (TPSA) is 73.8 Å². The summed E-state index contributed by atoms with van der Waals surface area (Å²) in [5.74, 6) is 6.20. The van der Waals surface area contributed by atoms with E-state index in [1.165, 1.54) is 0 Å². The first-order valence-corrected chi connectivity index (χ1v) is 5.44. The van der Waals surface area contributed by atoms with E-state index in [0.717, 1.165) is 4.68 Å². The normalized spacial score (nSPS) is 10.7. The molecule has 0 aliphatic heterocycles. The molecule has 0 amide bonds. The SMILES string of the molecule is Nn1c(-c2cccnc2)nc2ccccc2c1=O. The average molecular weight is 238 g/mol. The van der Waals surface area contributed by atoms with Crippen molar-refractivity contribution in [2.75, 3.05) is 5.84 Å². The molecule has 2 heterocycles. The Bertz CT molecular complexity index is 765. The van der Waals surface area contributed by atoms with Crippen LogP contribution < -0.4 is 11.4 Å². The van der Waals surface area contributed by atoms with Gasteiger partial charge in [0.1, 0.15) is 0 Å². The number of pyridine rings is 1. The summed E-state index contributed by atoms with van der Waals surface area (Å²) in [4.78, 5) is 20.5. The monoisotopic (exact) mass is 238 g/mol. The van der Waals surface area contributed by atoms with Crippen LogP contribution in [0.5, 0.6) is 0 Å². The van der Waals surface area contributed by atoms with Crippen molar-refractivity contribution in [2.45, 2.75) is 0 Å². The van der Waals surface area contributed by atoms with Gasteiger partial charge in [0.2, 0.25) is 0 Å². The number of aromatic nitrogens is 3. The van der Waals surface area contributed by atoms with E-state index in [4.69, 9.17) is 5.84 Å². The number of rotatable bonds is 1. The third-order valence-electron chi connectivity index (χ3n) is 2.73. The lowest BCUT2D eigenvalue weighted by molar-refractivity contribution is 0.925. The molecule has 1 aromatic carbocycles. The minimum absolute atomic E-state index is 0.264. The number of nitrogens with two attached hydrogens (primary N) is 1. The Labute approximate surface area is 103 Å². The molecule has 5 heteroatoms. The van der Waals surface area contributed by atoms with Gasteiger partial charge in [0.05, 0.1) is 10.9 Å². The van der Waals surface area contributed by atoms with Gasteiger partial charge in [-0.2, -0.15) is 0 Å². The molecule has 0 radical (unpaired) electrons. The van der Waals surface area contributed by atoms with Crippen molar-refractivity contribution in [3.05, 3.63) is 59.1 Å². The molecule has 0 unspecified atom stereocenters. The van der Waals surface area contributed by atoms with E-state index in [9.17, 15) is 4.79 Å². The molecule has 0 bridgehead atoms. The van der Waals surface area contributed by atoms with Crippen LogP contribution in [0.25, 0.3) is 22.3 Å². The van der Waals surface area contributed by atoms with E-state index in [1.54, 1.807) is 36.7 Å². The summed E-state index contributed by atoms with van der Waals surface area (Å²) < 4.78 is 1.05. The van der Waals surface area contributed by atoms with Gasteiger partial charge in [-0.3, -0.25) is 9.78 Å². The summed E-state index contributed by atoms with van der Waals surface area (Å²) >= 11 is 0. The fourth-order valence-electron chi connectivity index (χ4n) is 1.84. The molecular formula is C13H10N4O. The zero-order chi connectivity index (χ0) is 12.5. The second-order valence-electron chi connectivity index (χ2n) is 3.87. The number of hydrogen-bond donors (Lipinski definition) is 1. The van der Waals surface area contributed by atoms with Crippen molar-refractivity contribution in [3.63, 3.8) is 0 Å². The van der Waals surface area contributed by atoms with E-state index >= 15 is 0 Å². The van der Waals surface area contributed by atoms with Crippen LogP contribution in [-0.4, -0.2) is 14.6 Å². The molecule has 88 valence electrons. The van der Waals surface area contributed by atoms with Crippen molar-refractivity contribution >= 4 is 10.9 Å². The Morgan fingerprint density at radius 1 is 1.11 bits per heavy atom. The van der Waals surface area contributed by atoms with E-state index in [2.05, 4.69) is 9.97 Å². The minimum Gasteiger partial charge on any atom is -0.334 e. The third kappa shape index (κ3) is 1.53. The number of fused-ring (bicyclic) bond motifs is 1. The Morgan fingerprint density at radius 3 is 2.72 bits per heavy atom. The molecule has 0 spiro atoms. The number of hydrogen-bond acceptors (Lipinski definition) is 4. The molecule has 0 saturated carbocycles. The van der Waals surface area contributed by atoms with E-state index in [-0.39, 0.29) is 5.56 Å². The molecule has 2 N–H and O–H groups in total. The Balaban J connectivity index is 2.38. The lowest BCUT2D eigenvalue weighted by atomic mass is 10.2.